The van der Waals surface area contributed by atoms with E-state index in [1.807, 2.05) is 48.5 Å². The van der Waals surface area contributed by atoms with Crippen molar-refractivity contribution in [1.29, 1.82) is 0 Å². The quantitative estimate of drug-likeness (QED) is 0.585. The summed E-state index contributed by atoms with van der Waals surface area (Å²) in [4.78, 5) is 12.4. The fraction of sp³-hybridized carbons (Fsp3) is 0.0588. The number of thiocarbonyl (C=S) groups is 1. The lowest BCUT2D eigenvalue weighted by Crippen LogP contribution is -2.29. The third kappa shape index (κ3) is 4.43. The van der Waals surface area contributed by atoms with E-state index < -0.39 is 0 Å². The lowest BCUT2D eigenvalue weighted by molar-refractivity contribution is 0.102. The van der Waals surface area contributed by atoms with Gasteiger partial charge in [0.15, 0.2) is 5.11 Å². The van der Waals surface area contributed by atoms with E-state index in [0.29, 0.717) is 22.9 Å². The second-order valence-corrected chi connectivity index (χ2v) is 4.90. The first-order valence-electron chi connectivity index (χ1n) is 6.82. The van der Waals surface area contributed by atoms with E-state index in [4.69, 9.17) is 12.2 Å². The van der Waals surface area contributed by atoms with Gasteiger partial charge in [-0.15, -0.1) is 6.58 Å². The van der Waals surface area contributed by atoms with Gasteiger partial charge in [0.05, 0.1) is 11.3 Å². The average Bonchev–Trinajstić information content (AvgIpc) is 2.54. The van der Waals surface area contributed by atoms with Crippen molar-refractivity contribution in [2.45, 2.75) is 0 Å². The molecule has 5 heteroatoms. The van der Waals surface area contributed by atoms with Gasteiger partial charge in [-0.1, -0.05) is 36.4 Å². The molecule has 2 rings (SSSR count). The first-order valence-corrected chi connectivity index (χ1v) is 7.22. The van der Waals surface area contributed by atoms with Crippen LogP contribution < -0.4 is 16.0 Å². The van der Waals surface area contributed by atoms with Gasteiger partial charge in [-0.2, -0.15) is 0 Å². The lowest BCUT2D eigenvalue weighted by Gasteiger charge is -2.13. The van der Waals surface area contributed by atoms with E-state index >= 15 is 0 Å². The zero-order valence-electron chi connectivity index (χ0n) is 12.0. The minimum absolute atomic E-state index is 0.194. The van der Waals surface area contributed by atoms with Gasteiger partial charge in [0, 0.05) is 12.2 Å². The Morgan fingerprint density at radius 2 is 1.73 bits per heavy atom. The molecule has 3 N–H and O–H groups in total. The maximum absolute atomic E-state index is 12.4. The van der Waals surface area contributed by atoms with Crippen molar-refractivity contribution in [3.8, 4) is 0 Å². The summed E-state index contributed by atoms with van der Waals surface area (Å²) < 4.78 is 0. The summed E-state index contributed by atoms with van der Waals surface area (Å²) in [6, 6.07) is 16.5. The third-order valence-corrected chi connectivity index (χ3v) is 3.10. The molecular formula is C17H17N3OS. The molecule has 0 bridgehead atoms. The van der Waals surface area contributed by atoms with Crippen LogP contribution in [0.5, 0.6) is 0 Å². The van der Waals surface area contributed by atoms with Gasteiger partial charge >= 0.3 is 0 Å². The van der Waals surface area contributed by atoms with Crippen molar-refractivity contribution in [1.82, 2.24) is 5.32 Å². The highest BCUT2D eigenvalue weighted by Gasteiger charge is 2.11. The minimum Gasteiger partial charge on any atom is -0.359 e. The molecule has 0 aliphatic rings. The molecule has 4 nitrogen and oxygen atoms in total. The van der Waals surface area contributed by atoms with Gasteiger partial charge in [-0.25, -0.2) is 0 Å². The van der Waals surface area contributed by atoms with Crippen LogP contribution in [-0.4, -0.2) is 17.6 Å². The van der Waals surface area contributed by atoms with Crippen molar-refractivity contribution in [3.63, 3.8) is 0 Å². The van der Waals surface area contributed by atoms with Crippen LogP contribution in [0.4, 0.5) is 11.4 Å². The molecule has 2 aromatic rings. The molecule has 0 heterocycles. The molecule has 0 fully saturated rings. The van der Waals surface area contributed by atoms with E-state index in [1.54, 1.807) is 12.1 Å². The predicted molar refractivity (Wildman–Crippen MR) is 95.3 cm³/mol. The smallest absolute Gasteiger partial charge is 0.257 e. The van der Waals surface area contributed by atoms with Crippen molar-refractivity contribution >= 4 is 34.6 Å². The highest BCUT2D eigenvalue weighted by atomic mass is 32.1. The number of rotatable bonds is 5. The molecule has 0 aliphatic carbocycles. The van der Waals surface area contributed by atoms with Crippen LogP contribution in [0.2, 0.25) is 0 Å². The lowest BCUT2D eigenvalue weighted by atomic mass is 10.1. The summed E-state index contributed by atoms with van der Waals surface area (Å²) in [6.45, 7) is 4.18. The number of carbonyl (C=O) groups excluding carboxylic acids is 1. The summed E-state index contributed by atoms with van der Waals surface area (Å²) >= 11 is 5.18. The van der Waals surface area contributed by atoms with Gasteiger partial charge in [0.25, 0.3) is 5.91 Å². The number of amides is 1. The van der Waals surface area contributed by atoms with Crippen LogP contribution >= 0.6 is 12.2 Å². The van der Waals surface area contributed by atoms with Crippen LogP contribution in [0.1, 0.15) is 10.4 Å². The molecule has 112 valence electrons. The molecule has 22 heavy (non-hydrogen) atoms. The molecule has 0 aliphatic heterocycles. The number of hydrogen-bond donors (Lipinski definition) is 3. The van der Waals surface area contributed by atoms with Crippen LogP contribution in [0.25, 0.3) is 0 Å². The third-order valence-electron chi connectivity index (χ3n) is 2.86. The molecule has 0 saturated heterocycles. The summed E-state index contributed by atoms with van der Waals surface area (Å²) in [7, 11) is 0. The van der Waals surface area contributed by atoms with Crippen molar-refractivity contribution in [3.05, 3.63) is 72.8 Å². The SMILES string of the molecule is C=CCNC(=S)Nc1ccccc1C(=O)Nc1ccccc1. The van der Waals surface area contributed by atoms with Gasteiger partial charge in [-0.05, 0) is 36.5 Å². The Balaban J connectivity index is 2.12. The van der Waals surface area contributed by atoms with Crippen LogP contribution in [-0.2, 0) is 0 Å². The summed E-state index contributed by atoms with van der Waals surface area (Å²) in [5, 5.41) is 9.29. The monoisotopic (exact) mass is 311 g/mol. The van der Waals surface area contributed by atoms with Crippen molar-refractivity contribution in [2.24, 2.45) is 0 Å². The Bertz CT molecular complexity index is 671. The van der Waals surface area contributed by atoms with Gasteiger partial charge in [-0.3, -0.25) is 4.79 Å². The zero-order valence-corrected chi connectivity index (χ0v) is 12.8. The first kappa shape index (κ1) is 15.7. The summed E-state index contributed by atoms with van der Waals surface area (Å²) in [5.74, 6) is -0.194. The van der Waals surface area contributed by atoms with Gasteiger partial charge in [0.1, 0.15) is 0 Å². The Morgan fingerprint density at radius 3 is 2.45 bits per heavy atom. The fourth-order valence-corrected chi connectivity index (χ4v) is 2.03. The highest BCUT2D eigenvalue weighted by Crippen LogP contribution is 2.17. The average molecular weight is 311 g/mol. The molecule has 1 amide bonds. The Morgan fingerprint density at radius 1 is 1.05 bits per heavy atom. The maximum Gasteiger partial charge on any atom is 0.257 e. The number of benzene rings is 2. The summed E-state index contributed by atoms with van der Waals surface area (Å²) in [6.07, 6.45) is 1.71. The van der Waals surface area contributed by atoms with Crippen molar-refractivity contribution in [2.75, 3.05) is 17.2 Å². The number of hydrogen-bond acceptors (Lipinski definition) is 2. The van der Waals surface area contributed by atoms with E-state index in [2.05, 4.69) is 22.5 Å². The highest BCUT2D eigenvalue weighted by molar-refractivity contribution is 7.80. The topological polar surface area (TPSA) is 53.2 Å². The molecular weight excluding hydrogens is 294 g/mol. The summed E-state index contributed by atoms with van der Waals surface area (Å²) in [5.41, 5.74) is 1.92. The minimum atomic E-state index is -0.194. The zero-order chi connectivity index (χ0) is 15.8. The molecule has 0 atom stereocenters. The van der Waals surface area contributed by atoms with Crippen LogP contribution in [0.3, 0.4) is 0 Å². The number of carbonyl (C=O) groups is 1. The number of nitrogens with one attached hydrogen (secondary N) is 3. The number of anilines is 2. The molecule has 0 unspecified atom stereocenters. The Labute approximate surface area is 135 Å². The van der Waals surface area contributed by atoms with Crippen molar-refractivity contribution < 1.29 is 4.79 Å². The Hall–Kier alpha value is -2.66. The Kier molecular flexibility index (Phi) is 5.68. The normalized spacial score (nSPS) is 9.64. The molecule has 0 spiro atoms. The van der Waals surface area contributed by atoms with Gasteiger partial charge in [0.2, 0.25) is 0 Å². The standard InChI is InChI=1S/C17H17N3OS/c1-2-12-18-17(22)20-15-11-7-6-10-14(15)16(21)19-13-8-4-3-5-9-13/h2-11H,1,12H2,(H,19,21)(H2,18,20,22). The van der Waals surface area contributed by atoms with Crippen LogP contribution in [0, 0.1) is 0 Å². The van der Waals surface area contributed by atoms with Crippen LogP contribution in [0.15, 0.2) is 67.3 Å². The molecule has 2 aromatic carbocycles. The fourth-order valence-electron chi connectivity index (χ4n) is 1.84. The number of para-hydroxylation sites is 2. The second kappa shape index (κ2) is 7.95. The van der Waals surface area contributed by atoms with E-state index in [9.17, 15) is 4.79 Å². The van der Waals surface area contributed by atoms with E-state index in [1.165, 1.54) is 0 Å². The molecule has 0 radical (unpaired) electrons. The second-order valence-electron chi connectivity index (χ2n) is 4.49. The maximum atomic E-state index is 12.4. The van der Waals surface area contributed by atoms with E-state index in [-0.39, 0.29) is 5.91 Å². The largest absolute Gasteiger partial charge is 0.359 e. The van der Waals surface area contributed by atoms with Gasteiger partial charge < -0.3 is 16.0 Å². The first-order chi connectivity index (χ1) is 10.7. The molecule has 0 saturated carbocycles. The van der Waals surface area contributed by atoms with E-state index in [0.717, 1.165) is 5.69 Å². The predicted octanol–water partition coefficient (Wildman–Crippen LogP) is 3.41. The molecule has 0 aromatic heterocycles.